The van der Waals surface area contributed by atoms with Crippen LogP contribution in [0.15, 0.2) is 11.6 Å². The molecule has 0 radical (unpaired) electrons. The van der Waals surface area contributed by atoms with Crippen molar-refractivity contribution < 1.29 is 19.4 Å². The number of carbonyl (C=O) groups excluding carboxylic acids is 1. The Balaban J connectivity index is 1.58. The summed E-state index contributed by atoms with van der Waals surface area (Å²) in [6.07, 6.45) is 11.7. The van der Waals surface area contributed by atoms with E-state index in [1.54, 1.807) is 0 Å². The van der Waals surface area contributed by atoms with E-state index in [0.29, 0.717) is 30.1 Å². The smallest absolute Gasteiger partial charge is 0.310 e. The second kappa shape index (κ2) is 7.84. The molecule has 0 spiro atoms. The largest absolute Gasteiger partial charge is 0.481 e. The van der Waals surface area contributed by atoms with Gasteiger partial charge in [0.25, 0.3) is 6.47 Å². The van der Waals surface area contributed by atoms with Crippen molar-refractivity contribution in [1.29, 1.82) is 0 Å². The van der Waals surface area contributed by atoms with Crippen LogP contribution in [0.2, 0.25) is 0 Å². The fourth-order valence-corrected chi connectivity index (χ4v) is 11.1. The molecule has 5 rings (SSSR count). The lowest BCUT2D eigenvalue weighted by Gasteiger charge is -2.71. The van der Waals surface area contributed by atoms with Crippen LogP contribution in [0.5, 0.6) is 0 Å². The summed E-state index contributed by atoms with van der Waals surface area (Å²) in [6.45, 7) is 17.6. The van der Waals surface area contributed by atoms with Crippen LogP contribution in [0.4, 0.5) is 0 Å². The topological polar surface area (TPSA) is 63.6 Å². The number of carboxylic acid groups (broad SMARTS) is 1. The van der Waals surface area contributed by atoms with Gasteiger partial charge in [-0.05, 0) is 104 Å². The Hall–Kier alpha value is -1.32. The highest BCUT2D eigenvalue weighted by Gasteiger charge is 2.69. The summed E-state index contributed by atoms with van der Waals surface area (Å²) in [6, 6.07) is 0. The molecule has 4 fully saturated rings. The standard InChI is InChI=1S/C31H48O4/c1-19-10-15-31(26(33)34)17-16-29(6)21(25(31)20(19)2)8-9-23-28(5)13-12-24(35-18-32)27(3,4)22(28)11-14-30(23,29)7/h8,18-20,22-25H,9-17H2,1-7H3,(H,33,34)/t19-,20+,22+,23-,24+,25?,28+,29-,30-,31+/m1/s1. The zero-order valence-corrected chi connectivity index (χ0v) is 23.2. The van der Waals surface area contributed by atoms with Gasteiger partial charge in [0.05, 0.1) is 5.41 Å². The number of carbonyl (C=O) groups is 2. The van der Waals surface area contributed by atoms with Crippen LogP contribution in [0.3, 0.4) is 0 Å². The van der Waals surface area contributed by atoms with Crippen LogP contribution in [0.25, 0.3) is 0 Å². The summed E-state index contributed by atoms with van der Waals surface area (Å²) in [5, 5.41) is 10.6. The monoisotopic (exact) mass is 484 g/mol. The Bertz CT molecular complexity index is 936. The van der Waals surface area contributed by atoms with Gasteiger partial charge in [-0.3, -0.25) is 9.59 Å². The van der Waals surface area contributed by atoms with Crippen molar-refractivity contribution in [3.63, 3.8) is 0 Å². The predicted octanol–water partition coefficient (Wildman–Crippen LogP) is 7.27. The zero-order chi connectivity index (χ0) is 25.6. The maximum Gasteiger partial charge on any atom is 0.310 e. The van der Waals surface area contributed by atoms with Crippen LogP contribution in [-0.2, 0) is 14.3 Å². The molecule has 4 saturated carbocycles. The van der Waals surface area contributed by atoms with E-state index in [2.05, 4.69) is 54.5 Å². The number of hydrogen-bond acceptors (Lipinski definition) is 3. The van der Waals surface area contributed by atoms with Crippen molar-refractivity contribution in [2.24, 2.45) is 56.7 Å². The van der Waals surface area contributed by atoms with Crippen LogP contribution in [0.1, 0.15) is 106 Å². The number of rotatable bonds is 3. The first-order chi connectivity index (χ1) is 16.3. The van der Waals surface area contributed by atoms with Gasteiger partial charge in [0.1, 0.15) is 6.10 Å². The van der Waals surface area contributed by atoms with Gasteiger partial charge in [-0.2, -0.15) is 0 Å². The summed E-state index contributed by atoms with van der Waals surface area (Å²) in [4.78, 5) is 24.1. The molecule has 4 nitrogen and oxygen atoms in total. The lowest BCUT2D eigenvalue weighted by molar-refractivity contribution is -0.211. The number of carboxylic acids is 1. The van der Waals surface area contributed by atoms with Crippen molar-refractivity contribution in [2.75, 3.05) is 0 Å². The molecular formula is C31H48O4. The maximum absolute atomic E-state index is 12.8. The Kier molecular flexibility index (Phi) is 5.67. The highest BCUT2D eigenvalue weighted by atomic mass is 16.5. The molecule has 0 saturated heterocycles. The summed E-state index contributed by atoms with van der Waals surface area (Å²) < 4.78 is 5.63. The Morgan fingerprint density at radius 1 is 0.971 bits per heavy atom. The van der Waals surface area contributed by atoms with Gasteiger partial charge in [-0.1, -0.05) is 60.1 Å². The van der Waals surface area contributed by atoms with Gasteiger partial charge < -0.3 is 9.84 Å². The second-order valence-corrected chi connectivity index (χ2v) is 14.7. The first-order valence-corrected chi connectivity index (χ1v) is 14.3. The van der Waals surface area contributed by atoms with Gasteiger partial charge in [-0.15, -0.1) is 0 Å². The molecule has 1 unspecified atom stereocenters. The number of aliphatic carboxylic acids is 1. The Labute approximate surface area is 212 Å². The molecule has 0 aliphatic heterocycles. The second-order valence-electron chi connectivity index (χ2n) is 14.7. The third kappa shape index (κ3) is 3.03. The molecule has 0 aromatic heterocycles. The summed E-state index contributed by atoms with van der Waals surface area (Å²) in [5.41, 5.74) is 1.33. The van der Waals surface area contributed by atoms with Gasteiger partial charge >= 0.3 is 5.97 Å². The van der Waals surface area contributed by atoms with Crippen LogP contribution in [0, 0.1) is 56.7 Å². The average Bonchev–Trinajstić information content (AvgIpc) is 2.78. The normalized spacial score (nSPS) is 52.6. The summed E-state index contributed by atoms with van der Waals surface area (Å²) in [7, 11) is 0. The zero-order valence-electron chi connectivity index (χ0n) is 23.2. The van der Waals surface area contributed by atoms with E-state index in [9.17, 15) is 14.7 Å². The summed E-state index contributed by atoms with van der Waals surface area (Å²) in [5.74, 6) is 1.70. The molecule has 10 atom stereocenters. The van der Waals surface area contributed by atoms with E-state index in [-0.39, 0.29) is 33.7 Å². The molecule has 35 heavy (non-hydrogen) atoms. The van der Waals surface area contributed by atoms with Gasteiger partial charge in [0.2, 0.25) is 0 Å². The molecule has 5 aliphatic rings. The molecular weight excluding hydrogens is 436 g/mol. The van der Waals surface area contributed by atoms with Gasteiger partial charge in [-0.25, -0.2) is 0 Å². The van der Waals surface area contributed by atoms with Crippen molar-refractivity contribution in [1.82, 2.24) is 0 Å². The molecule has 196 valence electrons. The minimum absolute atomic E-state index is 0.00292. The number of fused-ring (bicyclic) bond motifs is 7. The number of allylic oxidation sites excluding steroid dienone is 2. The number of hydrogen-bond donors (Lipinski definition) is 1. The van der Waals surface area contributed by atoms with Crippen molar-refractivity contribution in [3.05, 3.63) is 11.6 Å². The van der Waals surface area contributed by atoms with E-state index in [0.717, 1.165) is 44.9 Å². The Morgan fingerprint density at radius 2 is 1.69 bits per heavy atom. The fraction of sp³-hybridized carbons (Fsp3) is 0.871. The van der Waals surface area contributed by atoms with E-state index in [1.165, 1.54) is 18.4 Å². The third-order valence-electron chi connectivity index (χ3n) is 13.6. The molecule has 0 aromatic rings. The fourth-order valence-electron chi connectivity index (χ4n) is 11.1. The van der Waals surface area contributed by atoms with Crippen LogP contribution >= 0.6 is 0 Å². The lowest BCUT2D eigenvalue weighted by atomic mass is 9.33. The van der Waals surface area contributed by atoms with Gasteiger partial charge in [0.15, 0.2) is 0 Å². The van der Waals surface area contributed by atoms with E-state index in [1.807, 2.05) is 0 Å². The highest BCUT2D eigenvalue weighted by molar-refractivity contribution is 5.76. The van der Waals surface area contributed by atoms with E-state index >= 15 is 0 Å². The van der Waals surface area contributed by atoms with Crippen LogP contribution < -0.4 is 0 Å². The van der Waals surface area contributed by atoms with Crippen molar-refractivity contribution in [3.8, 4) is 0 Å². The maximum atomic E-state index is 12.8. The minimum Gasteiger partial charge on any atom is -0.481 e. The molecule has 0 amide bonds. The first-order valence-electron chi connectivity index (χ1n) is 14.3. The third-order valence-corrected chi connectivity index (χ3v) is 13.6. The van der Waals surface area contributed by atoms with E-state index < -0.39 is 11.4 Å². The van der Waals surface area contributed by atoms with Gasteiger partial charge in [0, 0.05) is 5.41 Å². The molecule has 4 heteroatoms. The SMILES string of the molecule is C[C@@H]1CC[C@]2(C(=O)O)CC[C@]3(C)C(=CC[C@@H]4[C@@]5(C)CC[C@H](OC=O)C(C)(C)[C@@H]5CC[C@]43C)C2[C@H]1C. The van der Waals surface area contributed by atoms with E-state index in [4.69, 9.17) is 4.74 Å². The quantitative estimate of drug-likeness (QED) is 0.338. The Morgan fingerprint density at radius 3 is 2.34 bits per heavy atom. The molecule has 5 aliphatic carbocycles. The molecule has 0 heterocycles. The molecule has 0 aromatic carbocycles. The lowest BCUT2D eigenvalue weighted by Crippen LogP contribution is -2.65. The van der Waals surface area contributed by atoms with Crippen molar-refractivity contribution in [2.45, 2.75) is 112 Å². The predicted molar refractivity (Wildman–Crippen MR) is 138 cm³/mol. The summed E-state index contributed by atoms with van der Waals surface area (Å²) >= 11 is 0. The van der Waals surface area contributed by atoms with Crippen molar-refractivity contribution >= 4 is 12.4 Å². The average molecular weight is 485 g/mol. The molecule has 1 N–H and O–H groups in total. The number of ether oxygens (including phenoxy) is 1. The minimum atomic E-state index is -0.576. The molecule has 0 bridgehead atoms. The first kappa shape index (κ1) is 25.3. The van der Waals surface area contributed by atoms with Crippen LogP contribution in [-0.4, -0.2) is 23.7 Å². The highest BCUT2D eigenvalue weighted by Crippen LogP contribution is 2.75.